The summed E-state index contributed by atoms with van der Waals surface area (Å²) in [7, 11) is 1.74. The lowest BCUT2D eigenvalue weighted by Crippen LogP contribution is -2.36. The number of nitro benzene ring substituents is 1. The van der Waals surface area contributed by atoms with Gasteiger partial charge in [0.1, 0.15) is 5.69 Å². The van der Waals surface area contributed by atoms with Crippen molar-refractivity contribution in [1.29, 1.82) is 0 Å². The quantitative estimate of drug-likeness (QED) is 0.467. The van der Waals surface area contributed by atoms with Gasteiger partial charge in [-0.1, -0.05) is 0 Å². The van der Waals surface area contributed by atoms with Crippen LogP contribution in [0.1, 0.15) is 12.8 Å². The normalized spacial score (nSPS) is 13.9. The number of nitrogens with one attached hydrogen (secondary N) is 1. The molecule has 1 saturated carbocycles. The molecule has 19 heavy (non-hydrogen) atoms. The number of nitrogens with two attached hydrogens (primary N) is 1. The Morgan fingerprint density at radius 3 is 2.79 bits per heavy atom. The second kappa shape index (κ2) is 5.13. The van der Waals surface area contributed by atoms with E-state index in [-0.39, 0.29) is 23.8 Å². The minimum atomic E-state index is -0.529. The van der Waals surface area contributed by atoms with Crippen molar-refractivity contribution >= 4 is 23.0 Å². The van der Waals surface area contributed by atoms with Gasteiger partial charge in [-0.2, -0.15) is 0 Å². The zero-order valence-electron chi connectivity index (χ0n) is 10.6. The molecule has 1 aliphatic carbocycles. The lowest BCUT2D eigenvalue weighted by atomic mass is 10.2. The smallest absolute Gasteiger partial charge is 0.292 e. The van der Waals surface area contributed by atoms with Crippen LogP contribution >= 0.6 is 0 Å². The van der Waals surface area contributed by atoms with Crippen LogP contribution in [0.2, 0.25) is 0 Å². The third kappa shape index (κ3) is 3.34. The molecule has 1 aliphatic rings. The number of nitrogen functional groups attached to an aromatic ring is 1. The van der Waals surface area contributed by atoms with Crippen molar-refractivity contribution in [2.75, 3.05) is 24.2 Å². The molecule has 0 spiro atoms. The van der Waals surface area contributed by atoms with E-state index >= 15 is 0 Å². The van der Waals surface area contributed by atoms with Gasteiger partial charge in [0.15, 0.2) is 0 Å². The number of benzene rings is 1. The summed E-state index contributed by atoms with van der Waals surface area (Å²) >= 11 is 0. The van der Waals surface area contributed by atoms with E-state index in [1.54, 1.807) is 18.0 Å². The fraction of sp³-hybridized carbons (Fsp3) is 0.417. The molecule has 0 atom stereocenters. The van der Waals surface area contributed by atoms with Crippen LogP contribution < -0.4 is 16.0 Å². The second-order valence-corrected chi connectivity index (χ2v) is 4.70. The molecule has 2 rings (SSSR count). The lowest BCUT2D eigenvalue weighted by molar-refractivity contribution is -0.383. The topological polar surface area (TPSA) is 102 Å². The fourth-order valence-corrected chi connectivity index (χ4v) is 1.75. The summed E-state index contributed by atoms with van der Waals surface area (Å²) in [5.74, 6) is -0.0538. The van der Waals surface area contributed by atoms with Crippen molar-refractivity contribution in [2.45, 2.75) is 18.9 Å². The summed E-state index contributed by atoms with van der Waals surface area (Å²) in [6.07, 6.45) is 2.08. The van der Waals surface area contributed by atoms with Crippen LogP contribution in [0.5, 0.6) is 0 Å². The molecule has 3 N–H and O–H groups in total. The highest BCUT2D eigenvalue weighted by Crippen LogP contribution is 2.26. The molecule has 7 nitrogen and oxygen atoms in total. The first kappa shape index (κ1) is 13.1. The fourth-order valence-electron chi connectivity index (χ4n) is 1.75. The molecule has 1 aromatic carbocycles. The maximum atomic E-state index is 11.6. The first-order valence-electron chi connectivity index (χ1n) is 6.02. The molecule has 0 unspecified atom stereocenters. The van der Waals surface area contributed by atoms with Gasteiger partial charge in [-0.05, 0) is 25.0 Å². The Morgan fingerprint density at radius 2 is 2.26 bits per heavy atom. The number of hydrogen-bond donors (Lipinski definition) is 2. The minimum absolute atomic E-state index is 0.0538. The van der Waals surface area contributed by atoms with Gasteiger partial charge >= 0.3 is 0 Å². The molecule has 0 aromatic heterocycles. The van der Waals surface area contributed by atoms with E-state index < -0.39 is 4.92 Å². The van der Waals surface area contributed by atoms with Crippen molar-refractivity contribution in [3.8, 4) is 0 Å². The first-order valence-corrected chi connectivity index (χ1v) is 6.02. The molecule has 1 amide bonds. The molecule has 102 valence electrons. The van der Waals surface area contributed by atoms with Crippen LogP contribution in [0.4, 0.5) is 17.1 Å². The van der Waals surface area contributed by atoms with Gasteiger partial charge < -0.3 is 16.0 Å². The summed E-state index contributed by atoms with van der Waals surface area (Å²) in [5.41, 5.74) is 6.26. The first-order chi connectivity index (χ1) is 8.97. The zero-order valence-corrected chi connectivity index (χ0v) is 10.6. The van der Waals surface area contributed by atoms with E-state index in [2.05, 4.69) is 5.32 Å². The number of carbonyl (C=O) groups is 1. The maximum Gasteiger partial charge on any atom is 0.292 e. The molecular weight excluding hydrogens is 248 g/mol. The van der Waals surface area contributed by atoms with Crippen molar-refractivity contribution in [2.24, 2.45) is 0 Å². The Bertz CT molecular complexity index is 514. The van der Waals surface area contributed by atoms with Gasteiger partial charge in [0, 0.05) is 24.8 Å². The molecule has 1 fully saturated rings. The number of likely N-dealkylation sites (N-methyl/N-ethyl adjacent to an activating group) is 1. The van der Waals surface area contributed by atoms with Gasteiger partial charge in [0.05, 0.1) is 11.5 Å². The summed E-state index contributed by atoms with van der Waals surface area (Å²) in [5, 5.41) is 13.5. The Morgan fingerprint density at radius 1 is 1.58 bits per heavy atom. The summed E-state index contributed by atoms with van der Waals surface area (Å²) in [6.45, 7) is 0.202. The molecule has 1 aromatic rings. The van der Waals surface area contributed by atoms with Gasteiger partial charge in [-0.15, -0.1) is 0 Å². The molecule has 0 radical (unpaired) electrons. The van der Waals surface area contributed by atoms with Crippen LogP contribution in [0.3, 0.4) is 0 Å². The lowest BCUT2D eigenvalue weighted by Gasteiger charge is -2.19. The minimum Gasteiger partial charge on any atom is -0.393 e. The molecule has 0 saturated heterocycles. The molecular formula is C12H16N4O3. The van der Waals surface area contributed by atoms with Crippen LogP contribution in [-0.2, 0) is 4.79 Å². The van der Waals surface area contributed by atoms with Crippen LogP contribution in [0, 0.1) is 10.1 Å². The van der Waals surface area contributed by atoms with Crippen molar-refractivity contribution < 1.29 is 9.72 Å². The summed E-state index contributed by atoms with van der Waals surface area (Å²) in [4.78, 5) is 23.5. The average molecular weight is 264 g/mol. The number of amides is 1. The number of nitro groups is 1. The number of anilines is 2. The average Bonchev–Trinajstić information content (AvgIpc) is 3.11. The monoisotopic (exact) mass is 264 g/mol. The maximum absolute atomic E-state index is 11.6. The Hall–Kier alpha value is -2.31. The highest BCUT2D eigenvalue weighted by Gasteiger charge is 2.23. The highest BCUT2D eigenvalue weighted by molar-refractivity contribution is 5.82. The standard InChI is InChI=1S/C12H16N4O3/c1-15(7-12(17)14-8-2-3-8)9-4-5-11(16(18)19)10(13)6-9/h4-6,8H,2-3,7,13H2,1H3,(H,14,17). The van der Waals surface area contributed by atoms with Crippen LogP contribution in [0.25, 0.3) is 0 Å². The predicted molar refractivity (Wildman–Crippen MR) is 71.9 cm³/mol. The van der Waals surface area contributed by atoms with E-state index in [0.29, 0.717) is 11.7 Å². The van der Waals surface area contributed by atoms with Gasteiger partial charge in [0.25, 0.3) is 5.69 Å². The van der Waals surface area contributed by atoms with E-state index in [1.165, 1.54) is 12.1 Å². The third-order valence-electron chi connectivity index (χ3n) is 2.97. The van der Waals surface area contributed by atoms with Crippen molar-refractivity contribution in [3.63, 3.8) is 0 Å². The third-order valence-corrected chi connectivity index (χ3v) is 2.97. The molecule has 0 aliphatic heterocycles. The van der Waals surface area contributed by atoms with Gasteiger partial charge in [-0.25, -0.2) is 0 Å². The van der Waals surface area contributed by atoms with E-state index in [4.69, 9.17) is 5.73 Å². The second-order valence-electron chi connectivity index (χ2n) is 4.70. The number of hydrogen-bond acceptors (Lipinski definition) is 5. The largest absolute Gasteiger partial charge is 0.393 e. The van der Waals surface area contributed by atoms with E-state index in [0.717, 1.165) is 12.8 Å². The number of carbonyl (C=O) groups excluding carboxylic acids is 1. The zero-order chi connectivity index (χ0) is 14.0. The van der Waals surface area contributed by atoms with Gasteiger partial charge in [-0.3, -0.25) is 14.9 Å². The van der Waals surface area contributed by atoms with Crippen molar-refractivity contribution in [3.05, 3.63) is 28.3 Å². The van der Waals surface area contributed by atoms with E-state index in [9.17, 15) is 14.9 Å². The molecule has 0 heterocycles. The molecule has 0 bridgehead atoms. The summed E-state index contributed by atoms with van der Waals surface area (Å²) in [6, 6.07) is 4.75. The van der Waals surface area contributed by atoms with Crippen molar-refractivity contribution in [1.82, 2.24) is 5.32 Å². The summed E-state index contributed by atoms with van der Waals surface area (Å²) < 4.78 is 0. The van der Waals surface area contributed by atoms with Crippen LogP contribution in [0.15, 0.2) is 18.2 Å². The Labute approximate surface area is 110 Å². The number of nitrogens with zero attached hydrogens (tertiary/aromatic N) is 2. The SMILES string of the molecule is CN(CC(=O)NC1CC1)c1ccc([N+](=O)[O-])c(N)c1. The van der Waals surface area contributed by atoms with Gasteiger partial charge in [0.2, 0.25) is 5.91 Å². The van der Waals surface area contributed by atoms with E-state index in [1.807, 2.05) is 0 Å². The predicted octanol–water partition coefficient (Wildman–Crippen LogP) is 0.892. The highest BCUT2D eigenvalue weighted by atomic mass is 16.6. The van der Waals surface area contributed by atoms with Crippen LogP contribution in [-0.4, -0.2) is 30.5 Å². The number of rotatable bonds is 5. The molecule has 7 heteroatoms. The Balaban J connectivity index is 2.01. The Kier molecular flexibility index (Phi) is 3.55.